The molecule has 0 N–H and O–H groups in total. The van der Waals surface area contributed by atoms with Crippen LogP contribution in [0.15, 0.2) is 0 Å². The van der Waals surface area contributed by atoms with Crippen LogP contribution in [0.3, 0.4) is 0 Å². The fourth-order valence-corrected chi connectivity index (χ4v) is 4.29. The van der Waals surface area contributed by atoms with Gasteiger partial charge >= 0.3 is 0 Å². The van der Waals surface area contributed by atoms with Gasteiger partial charge in [0.1, 0.15) is 0 Å². The van der Waals surface area contributed by atoms with Gasteiger partial charge in [-0.05, 0) is 45.4 Å². The number of rotatable bonds is 4. The Morgan fingerprint density at radius 1 is 1.09 bits per heavy atom. The number of ether oxygens (including phenoxy) is 2. The number of unbranched alkanes of at least 4 members (excludes halogenated alkanes) is 1. The van der Waals surface area contributed by atoms with E-state index in [2.05, 4.69) is 6.92 Å². The Labute approximate surface area is 140 Å². The van der Waals surface area contributed by atoms with Crippen LogP contribution in [-0.2, 0) is 14.3 Å². The molecule has 4 nitrogen and oxygen atoms in total. The molecule has 2 aliphatic heterocycles. The number of hydrogen-bond acceptors (Lipinski definition) is 3. The van der Waals surface area contributed by atoms with Crippen LogP contribution in [0.5, 0.6) is 0 Å². The van der Waals surface area contributed by atoms with E-state index in [9.17, 15) is 4.79 Å². The van der Waals surface area contributed by atoms with Crippen molar-refractivity contribution >= 4 is 5.91 Å². The van der Waals surface area contributed by atoms with Crippen molar-refractivity contribution in [1.82, 2.24) is 4.90 Å². The highest BCUT2D eigenvalue weighted by molar-refractivity contribution is 5.80. The fraction of sp³-hybridized carbons (Fsp3) is 0.947. The Morgan fingerprint density at radius 2 is 1.70 bits per heavy atom. The Kier molecular flexibility index (Phi) is 5.03. The zero-order valence-electron chi connectivity index (χ0n) is 15.1. The average Bonchev–Trinajstić information content (AvgIpc) is 2.51. The highest BCUT2D eigenvalue weighted by Gasteiger charge is 2.51. The molecule has 3 rings (SSSR count). The van der Waals surface area contributed by atoms with Crippen molar-refractivity contribution in [2.24, 2.45) is 17.3 Å². The summed E-state index contributed by atoms with van der Waals surface area (Å²) in [5, 5.41) is 0. The standard InChI is InChI=1S/C19H33NO3/c1-4-5-6-15-7-9-16(10-8-15)17(21)20-11-19(12-20)13-22-18(2,3)23-14-19/h15-16H,4-14H2,1-3H3. The topological polar surface area (TPSA) is 38.8 Å². The van der Waals surface area contributed by atoms with E-state index in [0.29, 0.717) is 19.1 Å². The first-order valence-corrected chi connectivity index (χ1v) is 9.50. The molecule has 0 aromatic carbocycles. The van der Waals surface area contributed by atoms with Crippen molar-refractivity contribution in [2.75, 3.05) is 26.3 Å². The molecule has 23 heavy (non-hydrogen) atoms. The summed E-state index contributed by atoms with van der Waals surface area (Å²) in [6.07, 6.45) is 8.66. The summed E-state index contributed by atoms with van der Waals surface area (Å²) in [7, 11) is 0. The lowest BCUT2D eigenvalue weighted by atomic mass is 9.76. The molecule has 0 unspecified atom stereocenters. The maximum atomic E-state index is 12.7. The molecule has 3 aliphatic rings. The van der Waals surface area contributed by atoms with E-state index >= 15 is 0 Å². The van der Waals surface area contributed by atoms with Crippen LogP contribution < -0.4 is 0 Å². The molecule has 1 spiro atoms. The Morgan fingerprint density at radius 3 is 2.26 bits per heavy atom. The van der Waals surface area contributed by atoms with Crippen molar-refractivity contribution in [3.05, 3.63) is 0 Å². The molecule has 1 amide bonds. The molecule has 3 fully saturated rings. The van der Waals surface area contributed by atoms with E-state index < -0.39 is 5.79 Å². The first kappa shape index (κ1) is 17.2. The molecule has 2 saturated heterocycles. The van der Waals surface area contributed by atoms with Gasteiger partial charge in [-0.15, -0.1) is 0 Å². The van der Waals surface area contributed by atoms with E-state index in [1.165, 1.54) is 32.1 Å². The fourth-order valence-electron chi connectivity index (χ4n) is 4.29. The summed E-state index contributed by atoms with van der Waals surface area (Å²) in [6.45, 7) is 9.24. The van der Waals surface area contributed by atoms with E-state index in [4.69, 9.17) is 9.47 Å². The minimum atomic E-state index is -0.466. The second-order valence-electron chi connectivity index (χ2n) is 8.53. The van der Waals surface area contributed by atoms with Crippen molar-refractivity contribution < 1.29 is 14.3 Å². The van der Waals surface area contributed by atoms with Crippen molar-refractivity contribution in [3.63, 3.8) is 0 Å². The lowest BCUT2D eigenvalue weighted by Gasteiger charge is -2.54. The highest BCUT2D eigenvalue weighted by Crippen LogP contribution is 2.40. The number of carbonyl (C=O) groups excluding carboxylic acids is 1. The predicted octanol–water partition coefficient (Wildman–Crippen LogP) is 3.59. The molecule has 2 heterocycles. The summed E-state index contributed by atoms with van der Waals surface area (Å²) < 4.78 is 11.6. The number of carbonyl (C=O) groups is 1. The summed E-state index contributed by atoms with van der Waals surface area (Å²) in [6, 6.07) is 0. The molecule has 0 aromatic rings. The average molecular weight is 323 g/mol. The predicted molar refractivity (Wildman–Crippen MR) is 90.0 cm³/mol. The molecule has 0 aromatic heterocycles. The van der Waals surface area contributed by atoms with Gasteiger partial charge < -0.3 is 14.4 Å². The van der Waals surface area contributed by atoms with E-state index in [0.717, 1.165) is 31.8 Å². The third kappa shape index (κ3) is 3.90. The molecule has 0 radical (unpaired) electrons. The third-order valence-electron chi connectivity index (χ3n) is 5.98. The largest absolute Gasteiger partial charge is 0.350 e. The third-order valence-corrected chi connectivity index (χ3v) is 5.98. The normalized spacial score (nSPS) is 32.6. The lowest BCUT2D eigenvalue weighted by molar-refractivity contribution is -0.303. The second-order valence-corrected chi connectivity index (χ2v) is 8.53. The van der Waals surface area contributed by atoms with Gasteiger partial charge in [0.2, 0.25) is 5.91 Å². The molecule has 132 valence electrons. The first-order chi connectivity index (χ1) is 10.9. The van der Waals surface area contributed by atoms with Crippen molar-refractivity contribution in [1.29, 1.82) is 0 Å². The number of amides is 1. The van der Waals surface area contributed by atoms with E-state index in [-0.39, 0.29) is 11.3 Å². The number of hydrogen-bond donors (Lipinski definition) is 0. The quantitative estimate of drug-likeness (QED) is 0.793. The van der Waals surface area contributed by atoms with Crippen LogP contribution >= 0.6 is 0 Å². The van der Waals surface area contributed by atoms with Crippen LogP contribution in [-0.4, -0.2) is 42.9 Å². The van der Waals surface area contributed by atoms with Gasteiger partial charge in [-0.25, -0.2) is 0 Å². The number of nitrogens with zero attached hydrogens (tertiary/aromatic N) is 1. The lowest BCUT2D eigenvalue weighted by Crippen LogP contribution is -2.66. The van der Waals surface area contributed by atoms with Gasteiger partial charge in [0.05, 0.1) is 18.6 Å². The Bertz CT molecular complexity index is 408. The minimum absolute atomic E-state index is 0.0590. The van der Waals surface area contributed by atoms with Gasteiger partial charge in [0, 0.05) is 19.0 Å². The molecular formula is C19H33NO3. The van der Waals surface area contributed by atoms with Crippen LogP contribution in [0.1, 0.15) is 65.7 Å². The second kappa shape index (κ2) is 6.72. The van der Waals surface area contributed by atoms with Crippen molar-refractivity contribution in [3.8, 4) is 0 Å². The van der Waals surface area contributed by atoms with Crippen LogP contribution in [0.4, 0.5) is 0 Å². The van der Waals surface area contributed by atoms with Gasteiger partial charge in [0.25, 0.3) is 0 Å². The highest BCUT2D eigenvalue weighted by atomic mass is 16.7. The molecule has 0 atom stereocenters. The summed E-state index contributed by atoms with van der Waals surface area (Å²) in [5.41, 5.74) is 0.0590. The first-order valence-electron chi connectivity index (χ1n) is 9.50. The molecule has 1 saturated carbocycles. The zero-order chi connectivity index (χ0) is 16.5. The van der Waals surface area contributed by atoms with Gasteiger partial charge in [-0.3, -0.25) is 4.79 Å². The molecule has 0 bridgehead atoms. The summed E-state index contributed by atoms with van der Waals surface area (Å²) in [5.74, 6) is 1.05. The molecule has 4 heteroatoms. The summed E-state index contributed by atoms with van der Waals surface area (Å²) in [4.78, 5) is 14.7. The Hall–Kier alpha value is -0.610. The van der Waals surface area contributed by atoms with Crippen LogP contribution in [0.25, 0.3) is 0 Å². The van der Waals surface area contributed by atoms with Crippen molar-refractivity contribution in [2.45, 2.75) is 71.5 Å². The molecular weight excluding hydrogens is 290 g/mol. The zero-order valence-corrected chi connectivity index (χ0v) is 15.1. The van der Waals surface area contributed by atoms with Crippen LogP contribution in [0.2, 0.25) is 0 Å². The molecule has 1 aliphatic carbocycles. The smallest absolute Gasteiger partial charge is 0.225 e. The maximum absolute atomic E-state index is 12.7. The monoisotopic (exact) mass is 323 g/mol. The number of likely N-dealkylation sites (tertiary alicyclic amines) is 1. The minimum Gasteiger partial charge on any atom is -0.350 e. The summed E-state index contributed by atoms with van der Waals surface area (Å²) >= 11 is 0. The van der Waals surface area contributed by atoms with Gasteiger partial charge in [-0.1, -0.05) is 26.2 Å². The Balaban J connectivity index is 1.41. The SMILES string of the molecule is CCCCC1CCC(C(=O)N2CC3(COC(C)(C)OC3)C2)CC1. The van der Waals surface area contributed by atoms with Gasteiger partial charge in [0.15, 0.2) is 5.79 Å². The van der Waals surface area contributed by atoms with Crippen LogP contribution in [0, 0.1) is 17.3 Å². The van der Waals surface area contributed by atoms with E-state index in [1.807, 2.05) is 18.7 Å². The van der Waals surface area contributed by atoms with E-state index in [1.54, 1.807) is 0 Å². The van der Waals surface area contributed by atoms with Gasteiger partial charge in [-0.2, -0.15) is 0 Å². The maximum Gasteiger partial charge on any atom is 0.225 e.